The first-order valence-corrected chi connectivity index (χ1v) is 12.4. The quantitative estimate of drug-likeness (QED) is 0.441. The molecule has 1 aliphatic heterocycles. The fourth-order valence-corrected chi connectivity index (χ4v) is 4.74. The number of carbonyl (C=O) groups is 2. The van der Waals surface area contributed by atoms with Gasteiger partial charge in [-0.15, -0.1) is 0 Å². The lowest BCUT2D eigenvalue weighted by Crippen LogP contribution is -2.54. The Kier molecular flexibility index (Phi) is 10.4. The average Bonchev–Trinajstić information content (AvgIpc) is 2.77. The van der Waals surface area contributed by atoms with Crippen molar-refractivity contribution in [3.8, 4) is 0 Å². The highest BCUT2D eigenvalue weighted by molar-refractivity contribution is 6.30. The molecule has 1 fully saturated rings. The third-order valence-electron chi connectivity index (χ3n) is 6.60. The smallest absolute Gasteiger partial charge is 0.304 e. The second kappa shape index (κ2) is 12.6. The molecule has 0 unspecified atom stereocenters. The molecule has 0 aromatic heterocycles. The summed E-state index contributed by atoms with van der Waals surface area (Å²) < 4.78 is 0. The largest absolute Gasteiger partial charge is 0.481 e. The number of halogens is 2. The zero-order valence-electron chi connectivity index (χ0n) is 20.2. The van der Waals surface area contributed by atoms with E-state index >= 15 is 0 Å². The molecule has 0 radical (unpaired) electrons. The van der Waals surface area contributed by atoms with E-state index in [2.05, 4.69) is 0 Å². The SMILES string of the molecule is CC[C@@H]([C@H](C)C(C)(C)O)N1C(=O)[C@@H](CC(=O)O)CC[C@H]1c1ccc(Cl)cc1.Clc1ccccc1. The van der Waals surface area contributed by atoms with Crippen molar-refractivity contribution < 1.29 is 19.8 Å². The number of hydrogen-bond acceptors (Lipinski definition) is 3. The van der Waals surface area contributed by atoms with Gasteiger partial charge < -0.3 is 15.1 Å². The molecule has 186 valence electrons. The third kappa shape index (κ3) is 7.72. The van der Waals surface area contributed by atoms with Gasteiger partial charge in [-0.1, -0.05) is 67.4 Å². The fraction of sp³-hybridized carbons (Fsp3) is 0.481. The number of carbonyl (C=O) groups excluding carboxylic acids is 1. The molecule has 2 N–H and O–H groups in total. The van der Waals surface area contributed by atoms with Crippen molar-refractivity contribution in [3.63, 3.8) is 0 Å². The van der Waals surface area contributed by atoms with Gasteiger partial charge in [0.15, 0.2) is 0 Å². The Balaban J connectivity index is 0.000000497. The Morgan fingerprint density at radius 1 is 1.06 bits per heavy atom. The van der Waals surface area contributed by atoms with Crippen LogP contribution < -0.4 is 0 Å². The van der Waals surface area contributed by atoms with Crippen LogP contribution in [0.5, 0.6) is 0 Å². The molecule has 2 aromatic rings. The van der Waals surface area contributed by atoms with Gasteiger partial charge in [-0.2, -0.15) is 0 Å². The van der Waals surface area contributed by atoms with Crippen molar-refractivity contribution in [1.29, 1.82) is 0 Å². The Bertz CT molecular complexity index is 928. The summed E-state index contributed by atoms with van der Waals surface area (Å²) in [6, 6.07) is 16.6. The van der Waals surface area contributed by atoms with Gasteiger partial charge in [-0.25, -0.2) is 0 Å². The minimum absolute atomic E-state index is 0.133. The van der Waals surface area contributed by atoms with Gasteiger partial charge in [-0.05, 0) is 62.9 Å². The molecule has 7 heteroatoms. The lowest BCUT2D eigenvalue weighted by Gasteiger charge is -2.48. The minimum Gasteiger partial charge on any atom is -0.481 e. The van der Waals surface area contributed by atoms with E-state index in [0.717, 1.165) is 10.6 Å². The van der Waals surface area contributed by atoms with E-state index in [-0.39, 0.29) is 30.3 Å². The van der Waals surface area contributed by atoms with Crippen LogP contribution in [0.3, 0.4) is 0 Å². The molecule has 1 saturated heterocycles. The van der Waals surface area contributed by atoms with Gasteiger partial charge in [0.2, 0.25) is 5.91 Å². The molecule has 4 atom stereocenters. The number of nitrogens with zero attached hydrogens (tertiary/aromatic N) is 1. The van der Waals surface area contributed by atoms with E-state index in [1.807, 2.05) is 73.3 Å². The van der Waals surface area contributed by atoms with E-state index < -0.39 is 17.5 Å². The number of benzene rings is 2. The number of hydrogen-bond donors (Lipinski definition) is 2. The summed E-state index contributed by atoms with van der Waals surface area (Å²) >= 11 is 11.6. The fourth-order valence-electron chi connectivity index (χ4n) is 4.47. The van der Waals surface area contributed by atoms with E-state index in [1.165, 1.54) is 0 Å². The van der Waals surface area contributed by atoms with Crippen LogP contribution in [0.1, 0.15) is 65.0 Å². The predicted octanol–water partition coefficient (Wildman–Crippen LogP) is 6.62. The maximum Gasteiger partial charge on any atom is 0.304 e. The lowest BCUT2D eigenvalue weighted by molar-refractivity contribution is -0.154. The molecule has 5 nitrogen and oxygen atoms in total. The van der Waals surface area contributed by atoms with Gasteiger partial charge in [0.1, 0.15) is 0 Å². The normalized spacial score (nSPS) is 20.2. The summed E-state index contributed by atoms with van der Waals surface area (Å²) in [5.74, 6) is -1.77. The van der Waals surface area contributed by atoms with Crippen molar-refractivity contribution in [3.05, 3.63) is 70.2 Å². The number of likely N-dealkylation sites (tertiary alicyclic amines) is 1. The van der Waals surface area contributed by atoms with Gasteiger partial charge >= 0.3 is 5.97 Å². The number of aliphatic carboxylic acids is 1. The lowest BCUT2D eigenvalue weighted by atomic mass is 9.79. The molecule has 0 saturated carbocycles. The zero-order chi connectivity index (χ0) is 25.5. The Hall–Kier alpha value is -2.08. The van der Waals surface area contributed by atoms with Crippen LogP contribution in [0, 0.1) is 11.8 Å². The van der Waals surface area contributed by atoms with E-state index in [4.69, 9.17) is 23.2 Å². The number of piperidine rings is 1. The van der Waals surface area contributed by atoms with Gasteiger partial charge in [0, 0.05) is 27.9 Å². The van der Waals surface area contributed by atoms with Crippen LogP contribution >= 0.6 is 23.2 Å². The molecule has 2 aromatic carbocycles. The maximum atomic E-state index is 13.3. The summed E-state index contributed by atoms with van der Waals surface area (Å²) in [4.78, 5) is 26.4. The first-order valence-electron chi connectivity index (χ1n) is 11.7. The molecule has 1 amide bonds. The van der Waals surface area contributed by atoms with Crippen LogP contribution in [0.4, 0.5) is 0 Å². The van der Waals surface area contributed by atoms with Crippen molar-refractivity contribution in [2.24, 2.45) is 11.8 Å². The molecule has 3 rings (SSSR count). The standard InChI is InChI=1S/C21H30ClNO4.C6H5Cl/c1-5-17(13(2)21(3,4)27)23-18(14-6-9-16(22)10-7-14)11-8-15(20(23)26)12-19(24)25;7-6-4-2-1-3-5-6/h6-7,9-10,13,15,17-18,27H,5,8,11-12H2,1-4H3,(H,24,25);1-5H/t13-,15+,17-,18-;/m0./s1. The number of aliphatic hydroxyl groups is 1. The van der Waals surface area contributed by atoms with Gasteiger partial charge in [0.25, 0.3) is 0 Å². The highest BCUT2D eigenvalue weighted by Gasteiger charge is 2.44. The third-order valence-corrected chi connectivity index (χ3v) is 7.11. The molecular formula is C27H35Cl2NO4. The molecule has 1 heterocycles. The highest BCUT2D eigenvalue weighted by Crippen LogP contribution is 2.41. The molecule has 0 spiro atoms. The number of rotatable bonds is 7. The van der Waals surface area contributed by atoms with E-state index in [9.17, 15) is 19.8 Å². The maximum absolute atomic E-state index is 13.3. The summed E-state index contributed by atoms with van der Waals surface area (Å²) in [6.45, 7) is 7.45. The van der Waals surface area contributed by atoms with E-state index in [0.29, 0.717) is 24.3 Å². The molecule has 0 bridgehead atoms. The van der Waals surface area contributed by atoms with Crippen molar-refractivity contribution in [1.82, 2.24) is 4.90 Å². The molecule has 0 aliphatic carbocycles. The number of amides is 1. The first-order chi connectivity index (χ1) is 16.0. The first kappa shape index (κ1) is 28.2. The Labute approximate surface area is 212 Å². The molecule has 1 aliphatic rings. The summed E-state index contributed by atoms with van der Waals surface area (Å²) in [5, 5.41) is 21.2. The Morgan fingerprint density at radius 3 is 2.06 bits per heavy atom. The van der Waals surface area contributed by atoms with Crippen LogP contribution in [-0.4, -0.2) is 38.6 Å². The second-order valence-corrected chi connectivity index (χ2v) is 10.3. The predicted molar refractivity (Wildman–Crippen MR) is 137 cm³/mol. The van der Waals surface area contributed by atoms with Crippen molar-refractivity contribution in [2.45, 2.75) is 71.1 Å². The van der Waals surface area contributed by atoms with E-state index in [1.54, 1.807) is 13.8 Å². The monoisotopic (exact) mass is 507 g/mol. The Morgan fingerprint density at radius 2 is 1.62 bits per heavy atom. The minimum atomic E-state index is -0.957. The van der Waals surface area contributed by atoms with Crippen molar-refractivity contribution in [2.75, 3.05) is 0 Å². The summed E-state index contributed by atoms with van der Waals surface area (Å²) in [5.41, 5.74) is 0.0357. The van der Waals surface area contributed by atoms with Crippen molar-refractivity contribution >= 4 is 35.1 Å². The zero-order valence-corrected chi connectivity index (χ0v) is 21.8. The molecular weight excluding hydrogens is 473 g/mol. The van der Waals surface area contributed by atoms with Gasteiger partial charge in [0.05, 0.1) is 18.1 Å². The number of carboxylic acid groups (broad SMARTS) is 1. The number of carboxylic acids is 1. The molecule has 34 heavy (non-hydrogen) atoms. The summed E-state index contributed by atoms with van der Waals surface area (Å²) in [7, 11) is 0. The topological polar surface area (TPSA) is 77.8 Å². The summed E-state index contributed by atoms with van der Waals surface area (Å²) in [6.07, 6.45) is 1.76. The highest BCUT2D eigenvalue weighted by atomic mass is 35.5. The van der Waals surface area contributed by atoms with Crippen LogP contribution in [-0.2, 0) is 9.59 Å². The average molecular weight is 508 g/mol. The van der Waals surface area contributed by atoms with Crippen LogP contribution in [0.2, 0.25) is 10.0 Å². The van der Waals surface area contributed by atoms with Crippen LogP contribution in [0.15, 0.2) is 54.6 Å². The van der Waals surface area contributed by atoms with Gasteiger partial charge in [-0.3, -0.25) is 9.59 Å². The van der Waals surface area contributed by atoms with Crippen LogP contribution in [0.25, 0.3) is 0 Å². The second-order valence-electron chi connectivity index (χ2n) is 9.40.